The minimum absolute atomic E-state index is 0.0943. The molecule has 0 saturated carbocycles. The molecule has 4 aromatic rings. The summed E-state index contributed by atoms with van der Waals surface area (Å²) >= 11 is 0. The van der Waals surface area contributed by atoms with Crippen molar-refractivity contribution in [1.82, 2.24) is 24.7 Å². The van der Waals surface area contributed by atoms with Crippen LogP contribution in [-0.2, 0) is 6.42 Å². The van der Waals surface area contributed by atoms with Gasteiger partial charge in [-0.3, -0.25) is 14.0 Å². The summed E-state index contributed by atoms with van der Waals surface area (Å²) in [6.07, 6.45) is 6.58. The van der Waals surface area contributed by atoms with Gasteiger partial charge in [-0.15, -0.1) is 0 Å². The molecule has 2 aromatic heterocycles. The summed E-state index contributed by atoms with van der Waals surface area (Å²) in [5.41, 5.74) is 7.80. The average molecular weight is 526 g/mol. The zero-order valence-corrected chi connectivity index (χ0v) is 22.8. The lowest BCUT2D eigenvalue weighted by atomic mass is 9.90. The van der Waals surface area contributed by atoms with Crippen LogP contribution < -0.4 is 5.43 Å². The van der Waals surface area contributed by atoms with Gasteiger partial charge in [-0.2, -0.15) is 0 Å². The molecule has 39 heavy (non-hydrogen) atoms. The third kappa shape index (κ3) is 4.83. The third-order valence-corrected chi connectivity index (χ3v) is 7.56. The van der Waals surface area contributed by atoms with Crippen LogP contribution in [0.3, 0.4) is 0 Å². The Balaban J connectivity index is 1.41. The van der Waals surface area contributed by atoms with Crippen LogP contribution in [0.1, 0.15) is 52.6 Å². The molecule has 200 valence electrons. The number of imidazole rings is 1. The van der Waals surface area contributed by atoms with Gasteiger partial charge in [0.05, 0.1) is 17.5 Å². The van der Waals surface area contributed by atoms with Gasteiger partial charge in [-0.05, 0) is 61.2 Å². The Kier molecular flexibility index (Phi) is 6.82. The van der Waals surface area contributed by atoms with E-state index in [4.69, 9.17) is 0 Å². The van der Waals surface area contributed by atoms with Crippen molar-refractivity contribution in [2.24, 2.45) is 0 Å². The van der Waals surface area contributed by atoms with Crippen molar-refractivity contribution in [1.29, 1.82) is 0 Å². The first-order valence-corrected chi connectivity index (χ1v) is 13.0. The van der Waals surface area contributed by atoms with E-state index in [-0.39, 0.29) is 11.3 Å². The molecule has 1 aliphatic heterocycles. The summed E-state index contributed by atoms with van der Waals surface area (Å²) < 4.78 is 17.4. The predicted molar refractivity (Wildman–Crippen MR) is 151 cm³/mol. The molecule has 1 amide bonds. The number of hydrogen-bond acceptors (Lipinski definition) is 5. The van der Waals surface area contributed by atoms with E-state index in [2.05, 4.69) is 10.4 Å². The quantitative estimate of drug-likeness (QED) is 0.335. The fourth-order valence-electron chi connectivity index (χ4n) is 4.78. The summed E-state index contributed by atoms with van der Waals surface area (Å²) in [6.45, 7) is 6.12. The first-order chi connectivity index (χ1) is 18.6. The number of fused-ring (bicyclic) bond motifs is 1. The number of pyridine rings is 1. The standard InChI is InChI=1S/C31H32FN5O2/c1-6-20-7-9-21(10-8-20)29(38)31(2,3)36(5)30(39)25-13-11-22(15-26(25)32)27-17-33-28-14-12-23(19-37(27)28)24-16-34-35(4)18-24/h7-15,17-19,34H,6,16H2,1-5H3. The number of aryl methyl sites for hydroxylation is 1. The number of rotatable bonds is 7. The van der Waals surface area contributed by atoms with Gasteiger partial charge in [-0.1, -0.05) is 37.3 Å². The number of nitrogens with zero attached hydrogens (tertiary/aromatic N) is 4. The van der Waals surface area contributed by atoms with E-state index in [0.717, 1.165) is 28.8 Å². The molecule has 0 atom stereocenters. The van der Waals surface area contributed by atoms with E-state index in [0.29, 0.717) is 23.4 Å². The largest absolute Gasteiger partial charge is 0.329 e. The molecule has 0 aliphatic carbocycles. The Morgan fingerprint density at radius 1 is 1.08 bits per heavy atom. The summed E-state index contributed by atoms with van der Waals surface area (Å²) in [7, 11) is 3.47. The number of nitrogens with one attached hydrogen (secondary N) is 1. The molecule has 1 N–H and O–H groups in total. The molecule has 0 saturated heterocycles. The van der Waals surface area contributed by atoms with Gasteiger partial charge >= 0.3 is 0 Å². The number of Topliss-reactive ketones (excluding diaryl/α,β-unsaturated/α-hetero) is 1. The third-order valence-electron chi connectivity index (χ3n) is 7.56. The molecule has 0 fully saturated rings. The van der Waals surface area contributed by atoms with Gasteiger partial charge in [0.1, 0.15) is 17.0 Å². The highest BCUT2D eigenvalue weighted by molar-refractivity contribution is 6.06. The molecule has 0 bridgehead atoms. The van der Waals surface area contributed by atoms with Crippen molar-refractivity contribution >= 4 is 22.9 Å². The highest BCUT2D eigenvalue weighted by Crippen LogP contribution is 2.28. The van der Waals surface area contributed by atoms with Crippen molar-refractivity contribution in [3.63, 3.8) is 0 Å². The number of hydrazine groups is 1. The number of carbonyl (C=O) groups is 2. The van der Waals surface area contributed by atoms with Crippen LogP contribution in [-0.4, -0.2) is 57.2 Å². The molecule has 5 rings (SSSR count). The van der Waals surface area contributed by atoms with Crippen molar-refractivity contribution in [2.75, 3.05) is 20.6 Å². The Morgan fingerprint density at radius 3 is 2.44 bits per heavy atom. The summed E-state index contributed by atoms with van der Waals surface area (Å²) in [6, 6.07) is 15.8. The summed E-state index contributed by atoms with van der Waals surface area (Å²) in [5.74, 6) is -1.43. The van der Waals surface area contributed by atoms with Gasteiger partial charge in [-0.25, -0.2) is 14.8 Å². The van der Waals surface area contributed by atoms with Crippen molar-refractivity contribution in [3.05, 3.63) is 101 Å². The maximum Gasteiger partial charge on any atom is 0.257 e. The number of carbonyl (C=O) groups excluding carboxylic acids is 2. The molecule has 2 aromatic carbocycles. The number of ketones is 1. The van der Waals surface area contributed by atoms with Crippen LogP contribution in [0, 0.1) is 5.82 Å². The number of aromatic nitrogens is 2. The maximum absolute atomic E-state index is 15.4. The lowest BCUT2D eigenvalue weighted by Crippen LogP contribution is -2.51. The zero-order chi connectivity index (χ0) is 27.9. The molecule has 0 spiro atoms. The first-order valence-electron chi connectivity index (χ1n) is 13.0. The SMILES string of the molecule is CCc1ccc(C(=O)C(C)(C)N(C)C(=O)c2ccc(-c3cnc4ccc(C5=CN(C)NC5)cn34)cc2F)cc1. The van der Waals surface area contributed by atoms with E-state index in [1.54, 1.807) is 38.2 Å². The molecule has 8 heteroatoms. The lowest BCUT2D eigenvalue weighted by Gasteiger charge is -2.34. The number of halogens is 1. The minimum Gasteiger partial charge on any atom is -0.329 e. The van der Waals surface area contributed by atoms with Crippen molar-refractivity contribution in [3.8, 4) is 11.3 Å². The second-order valence-electron chi connectivity index (χ2n) is 10.4. The maximum atomic E-state index is 15.4. The molecule has 0 unspecified atom stereocenters. The Morgan fingerprint density at radius 2 is 1.79 bits per heavy atom. The van der Waals surface area contributed by atoms with E-state index in [1.807, 2.05) is 60.0 Å². The molecule has 0 radical (unpaired) electrons. The second-order valence-corrected chi connectivity index (χ2v) is 10.4. The fourth-order valence-corrected chi connectivity index (χ4v) is 4.78. The lowest BCUT2D eigenvalue weighted by molar-refractivity contribution is 0.0538. The Bertz CT molecular complexity index is 1600. The molecule has 3 heterocycles. The summed E-state index contributed by atoms with van der Waals surface area (Å²) in [5, 5.41) is 1.91. The van der Waals surface area contributed by atoms with Crippen LogP contribution in [0.15, 0.2) is 73.2 Å². The smallest absolute Gasteiger partial charge is 0.257 e. The fraction of sp³-hybridized carbons (Fsp3) is 0.258. The topological polar surface area (TPSA) is 70.0 Å². The predicted octanol–water partition coefficient (Wildman–Crippen LogP) is 5.23. The number of amides is 1. The number of benzene rings is 2. The second kappa shape index (κ2) is 10.1. The van der Waals surface area contributed by atoms with Gasteiger partial charge in [0.2, 0.25) is 0 Å². The van der Waals surface area contributed by atoms with Crippen LogP contribution in [0.25, 0.3) is 22.5 Å². The Hall–Kier alpha value is -4.30. The van der Waals surface area contributed by atoms with Gasteiger partial charge in [0, 0.05) is 44.2 Å². The van der Waals surface area contributed by atoms with E-state index < -0.39 is 17.3 Å². The van der Waals surface area contributed by atoms with Crippen molar-refractivity contribution in [2.45, 2.75) is 32.7 Å². The molecule has 7 nitrogen and oxygen atoms in total. The number of likely N-dealkylation sites (N-methyl/N-ethyl adjacent to an activating group) is 1. The Labute approximate surface area is 227 Å². The van der Waals surface area contributed by atoms with Crippen LogP contribution in [0.4, 0.5) is 4.39 Å². The monoisotopic (exact) mass is 525 g/mol. The van der Waals surface area contributed by atoms with Crippen LogP contribution in [0.2, 0.25) is 0 Å². The van der Waals surface area contributed by atoms with Crippen LogP contribution in [0.5, 0.6) is 0 Å². The molecular formula is C31H32FN5O2. The minimum atomic E-state index is -1.17. The van der Waals surface area contributed by atoms with Crippen molar-refractivity contribution < 1.29 is 14.0 Å². The normalized spacial score (nSPS) is 13.6. The van der Waals surface area contributed by atoms with Gasteiger partial charge < -0.3 is 9.91 Å². The van der Waals surface area contributed by atoms with E-state index in [9.17, 15) is 9.59 Å². The van der Waals surface area contributed by atoms with Gasteiger partial charge in [0.25, 0.3) is 5.91 Å². The average Bonchev–Trinajstić information content (AvgIpc) is 3.57. The number of hydrogen-bond donors (Lipinski definition) is 1. The zero-order valence-electron chi connectivity index (χ0n) is 22.8. The molecular weight excluding hydrogens is 493 g/mol. The highest BCUT2D eigenvalue weighted by Gasteiger charge is 2.37. The highest BCUT2D eigenvalue weighted by atomic mass is 19.1. The van der Waals surface area contributed by atoms with E-state index >= 15 is 4.39 Å². The molecule has 1 aliphatic rings. The van der Waals surface area contributed by atoms with Gasteiger partial charge in [0.15, 0.2) is 5.78 Å². The van der Waals surface area contributed by atoms with E-state index in [1.165, 1.54) is 24.1 Å². The summed E-state index contributed by atoms with van der Waals surface area (Å²) in [4.78, 5) is 32.4. The first kappa shape index (κ1) is 26.3. The van der Waals surface area contributed by atoms with Crippen LogP contribution >= 0.6 is 0 Å².